The number of aromatic nitrogens is 1. The quantitative estimate of drug-likeness (QED) is 0.845. The number of carbonyl (C=O) groups excluding carboxylic acids is 1. The van der Waals surface area contributed by atoms with E-state index in [-0.39, 0.29) is 5.91 Å². The molecule has 1 amide bonds. The normalized spacial score (nSPS) is 19.3. The summed E-state index contributed by atoms with van der Waals surface area (Å²) in [5, 5.41) is 0. The maximum atomic E-state index is 12.9. The maximum Gasteiger partial charge on any atom is 0.255 e. The number of amides is 1. The van der Waals surface area contributed by atoms with Gasteiger partial charge >= 0.3 is 0 Å². The lowest BCUT2D eigenvalue weighted by Crippen LogP contribution is -2.29. The highest BCUT2D eigenvalue weighted by atomic mass is 16.5. The van der Waals surface area contributed by atoms with Gasteiger partial charge in [-0.3, -0.25) is 9.78 Å². The fourth-order valence-corrected chi connectivity index (χ4v) is 4.17. The summed E-state index contributed by atoms with van der Waals surface area (Å²) >= 11 is 0. The van der Waals surface area contributed by atoms with E-state index in [2.05, 4.69) is 23.2 Å². The van der Waals surface area contributed by atoms with Crippen LogP contribution >= 0.6 is 0 Å². The number of nitrogens with zero attached hydrogens (tertiary/aromatic N) is 2. The molecule has 0 spiro atoms. The molecule has 1 aliphatic carbocycles. The highest BCUT2D eigenvalue weighted by molar-refractivity contribution is 5.94. The molecule has 1 aromatic carbocycles. The van der Waals surface area contributed by atoms with Gasteiger partial charge in [0.15, 0.2) is 0 Å². The summed E-state index contributed by atoms with van der Waals surface area (Å²) < 4.78 is 5.22. The van der Waals surface area contributed by atoms with Crippen LogP contribution in [0.15, 0.2) is 36.5 Å². The van der Waals surface area contributed by atoms with E-state index < -0.39 is 0 Å². The Morgan fingerprint density at radius 1 is 1.23 bits per heavy atom. The van der Waals surface area contributed by atoms with Crippen LogP contribution in [0.5, 0.6) is 5.75 Å². The zero-order chi connectivity index (χ0) is 17.9. The number of benzene rings is 1. The van der Waals surface area contributed by atoms with E-state index in [4.69, 9.17) is 4.74 Å². The van der Waals surface area contributed by atoms with Crippen LogP contribution in [0.1, 0.15) is 46.4 Å². The zero-order valence-electron chi connectivity index (χ0n) is 15.4. The average Bonchev–Trinajstić information content (AvgIpc) is 3.16. The number of hydrogen-bond donors (Lipinski definition) is 0. The van der Waals surface area contributed by atoms with Gasteiger partial charge < -0.3 is 9.64 Å². The van der Waals surface area contributed by atoms with E-state index in [9.17, 15) is 4.79 Å². The summed E-state index contributed by atoms with van der Waals surface area (Å²) in [7, 11) is 1.69. The molecule has 0 saturated carbocycles. The Balaban J connectivity index is 1.39. The minimum Gasteiger partial charge on any atom is -0.497 e. The van der Waals surface area contributed by atoms with Crippen molar-refractivity contribution in [3.8, 4) is 5.75 Å². The van der Waals surface area contributed by atoms with Crippen molar-refractivity contribution in [1.29, 1.82) is 0 Å². The van der Waals surface area contributed by atoms with E-state index in [0.29, 0.717) is 5.92 Å². The molecule has 1 aliphatic heterocycles. The van der Waals surface area contributed by atoms with Gasteiger partial charge in [-0.15, -0.1) is 0 Å². The van der Waals surface area contributed by atoms with E-state index in [1.54, 1.807) is 13.3 Å². The second kappa shape index (κ2) is 7.48. The third-order valence-electron chi connectivity index (χ3n) is 5.67. The summed E-state index contributed by atoms with van der Waals surface area (Å²) in [4.78, 5) is 19.4. The molecule has 1 aromatic heterocycles. The molecule has 1 unspecified atom stereocenters. The Morgan fingerprint density at radius 3 is 2.85 bits per heavy atom. The first-order valence-electron chi connectivity index (χ1n) is 9.63. The first kappa shape index (κ1) is 17.1. The molecule has 4 nitrogen and oxygen atoms in total. The Morgan fingerprint density at radius 2 is 2.04 bits per heavy atom. The highest BCUT2D eigenvalue weighted by Crippen LogP contribution is 2.25. The standard InChI is InChI=1S/C22H26N2O2/c1-26-20-8-6-16(7-9-20)12-17-10-11-24(15-17)22(25)19-13-18-4-2-3-5-21(18)23-14-19/h6-9,13-14,17H,2-5,10-12,15H2,1H3. The minimum absolute atomic E-state index is 0.142. The molecule has 4 heteroatoms. The third-order valence-corrected chi connectivity index (χ3v) is 5.67. The van der Waals surface area contributed by atoms with Crippen molar-refractivity contribution in [3.05, 3.63) is 58.9 Å². The predicted molar refractivity (Wildman–Crippen MR) is 102 cm³/mol. The average molecular weight is 350 g/mol. The Hall–Kier alpha value is -2.36. The lowest BCUT2D eigenvalue weighted by Gasteiger charge is -2.19. The molecular formula is C22H26N2O2. The SMILES string of the molecule is COc1ccc(CC2CCN(C(=O)c3cnc4c(c3)CCCC4)C2)cc1. The fraction of sp³-hybridized carbons (Fsp3) is 0.455. The van der Waals surface area contributed by atoms with E-state index in [1.165, 1.54) is 29.7 Å². The monoisotopic (exact) mass is 350 g/mol. The molecule has 2 aromatic rings. The number of ether oxygens (including phenoxy) is 1. The van der Waals surface area contributed by atoms with Gasteiger partial charge in [-0.2, -0.15) is 0 Å². The van der Waals surface area contributed by atoms with E-state index in [1.807, 2.05) is 17.0 Å². The summed E-state index contributed by atoms with van der Waals surface area (Å²) in [6.45, 7) is 1.68. The van der Waals surface area contributed by atoms with Crippen LogP contribution in [0.3, 0.4) is 0 Å². The van der Waals surface area contributed by atoms with Crippen molar-refractivity contribution in [2.45, 2.75) is 38.5 Å². The second-order valence-electron chi connectivity index (χ2n) is 7.49. The number of aryl methyl sites for hydroxylation is 2. The van der Waals surface area contributed by atoms with Gasteiger partial charge in [-0.25, -0.2) is 0 Å². The largest absolute Gasteiger partial charge is 0.497 e. The van der Waals surface area contributed by atoms with Crippen molar-refractivity contribution in [2.24, 2.45) is 5.92 Å². The fourth-order valence-electron chi connectivity index (χ4n) is 4.17. The van der Waals surface area contributed by atoms with E-state index >= 15 is 0 Å². The summed E-state index contributed by atoms with van der Waals surface area (Å²) in [6.07, 6.45) is 8.39. The molecule has 4 rings (SSSR count). The van der Waals surface area contributed by atoms with Crippen molar-refractivity contribution >= 4 is 5.91 Å². The molecule has 136 valence electrons. The van der Waals surface area contributed by atoms with Gasteiger partial charge in [0.05, 0.1) is 12.7 Å². The second-order valence-corrected chi connectivity index (χ2v) is 7.49. The van der Waals surface area contributed by atoms with Crippen molar-refractivity contribution in [2.75, 3.05) is 20.2 Å². The van der Waals surface area contributed by atoms with Crippen LogP contribution in [0.4, 0.5) is 0 Å². The van der Waals surface area contributed by atoms with E-state index in [0.717, 1.165) is 50.1 Å². The Kier molecular flexibility index (Phi) is 4.91. The van der Waals surface area contributed by atoms with Gasteiger partial charge in [-0.05, 0) is 73.8 Å². The molecule has 0 bridgehead atoms. The molecule has 2 heterocycles. The predicted octanol–water partition coefficient (Wildman–Crippen LogP) is 3.67. The van der Waals surface area contributed by atoms with Gasteiger partial charge in [0, 0.05) is 25.0 Å². The number of rotatable bonds is 4. The lowest BCUT2D eigenvalue weighted by molar-refractivity contribution is 0.0786. The number of methoxy groups -OCH3 is 1. The van der Waals surface area contributed by atoms with Crippen LogP contribution in [0, 0.1) is 5.92 Å². The van der Waals surface area contributed by atoms with Crippen LogP contribution in [-0.2, 0) is 19.3 Å². The number of carbonyl (C=O) groups is 1. The van der Waals surface area contributed by atoms with Crippen LogP contribution in [-0.4, -0.2) is 36.0 Å². The van der Waals surface area contributed by atoms with Crippen LogP contribution in [0.2, 0.25) is 0 Å². The first-order valence-corrected chi connectivity index (χ1v) is 9.63. The number of hydrogen-bond acceptors (Lipinski definition) is 3. The lowest BCUT2D eigenvalue weighted by atomic mass is 9.95. The first-order chi connectivity index (χ1) is 12.7. The summed E-state index contributed by atoms with van der Waals surface area (Å²) in [5.74, 6) is 1.55. The molecular weight excluding hydrogens is 324 g/mol. The van der Waals surface area contributed by atoms with Crippen molar-refractivity contribution < 1.29 is 9.53 Å². The van der Waals surface area contributed by atoms with Gasteiger partial charge in [0.1, 0.15) is 5.75 Å². The van der Waals surface area contributed by atoms with Crippen molar-refractivity contribution in [1.82, 2.24) is 9.88 Å². The maximum absolute atomic E-state index is 12.9. The molecule has 2 aliphatic rings. The number of fused-ring (bicyclic) bond motifs is 1. The molecule has 0 N–H and O–H groups in total. The van der Waals surface area contributed by atoms with Gasteiger partial charge in [0.2, 0.25) is 0 Å². The number of likely N-dealkylation sites (tertiary alicyclic amines) is 1. The Bertz CT molecular complexity index is 785. The van der Waals surface area contributed by atoms with Crippen LogP contribution in [0.25, 0.3) is 0 Å². The minimum atomic E-state index is 0.142. The molecule has 1 saturated heterocycles. The molecule has 26 heavy (non-hydrogen) atoms. The molecule has 1 fully saturated rings. The molecule has 1 atom stereocenters. The van der Waals surface area contributed by atoms with Crippen molar-refractivity contribution in [3.63, 3.8) is 0 Å². The third kappa shape index (κ3) is 3.59. The summed E-state index contributed by atoms with van der Waals surface area (Å²) in [5.41, 5.74) is 4.53. The van der Waals surface area contributed by atoms with Gasteiger partial charge in [-0.1, -0.05) is 12.1 Å². The smallest absolute Gasteiger partial charge is 0.255 e. The van der Waals surface area contributed by atoms with Crippen LogP contribution < -0.4 is 4.74 Å². The highest BCUT2D eigenvalue weighted by Gasteiger charge is 2.27. The zero-order valence-corrected chi connectivity index (χ0v) is 15.4. The van der Waals surface area contributed by atoms with Gasteiger partial charge in [0.25, 0.3) is 5.91 Å². The molecule has 0 radical (unpaired) electrons. The summed E-state index contributed by atoms with van der Waals surface area (Å²) in [6, 6.07) is 10.3. The Labute approximate surface area is 155 Å². The topological polar surface area (TPSA) is 42.4 Å². The number of pyridine rings is 1.